The van der Waals surface area contributed by atoms with E-state index in [0.717, 1.165) is 50.0 Å². The normalized spacial score (nSPS) is 17.1. The molecule has 1 atom stereocenters. The van der Waals surface area contributed by atoms with Crippen molar-refractivity contribution in [1.29, 1.82) is 0 Å². The Balaban J connectivity index is 0.00000242. The predicted molar refractivity (Wildman–Crippen MR) is 140 cm³/mol. The van der Waals surface area contributed by atoms with Gasteiger partial charge in [0.1, 0.15) is 12.2 Å². The second-order valence-electron chi connectivity index (χ2n) is 8.30. The zero-order valence-corrected chi connectivity index (χ0v) is 23.3. The third kappa shape index (κ3) is 13.1. The Morgan fingerprint density at radius 1 is 1.00 bits per heavy atom. The van der Waals surface area contributed by atoms with Crippen LogP contribution in [0.5, 0.6) is 5.88 Å². The van der Waals surface area contributed by atoms with Crippen molar-refractivity contribution >= 4 is 23.3 Å². The smallest absolute Gasteiger partial charge is 0.310 e. The average molecular weight is 485 g/mol. The topological polar surface area (TPSA) is 61.3 Å². The van der Waals surface area contributed by atoms with Crippen LogP contribution in [-0.2, 0) is 9.53 Å². The number of hydrogen-bond donors (Lipinski definition) is 0. The molecule has 0 fully saturated rings. The maximum atomic E-state index is 12.1. The van der Waals surface area contributed by atoms with Crippen LogP contribution in [0, 0.1) is 0 Å². The molecular weight excluding hydrogens is 434 g/mol. The standard InChI is InChI=1S/C22H38N3O3S.2C2H6/c1-4-6-8-10-14-20(26)28-18-25(3)15-12-13-19(17-25)21-22(24-29-23-21)27-16-11-9-7-5-2;2*1-2/h13H,4-12,14-18H2,1-3H3;2*1-2H3/q+1;;. The summed E-state index contributed by atoms with van der Waals surface area (Å²) in [5.41, 5.74) is 2.01. The van der Waals surface area contributed by atoms with Gasteiger partial charge in [0.25, 0.3) is 5.88 Å². The van der Waals surface area contributed by atoms with Crippen molar-refractivity contribution < 1.29 is 18.8 Å². The van der Waals surface area contributed by atoms with Crippen molar-refractivity contribution in [1.82, 2.24) is 8.75 Å². The molecule has 1 aliphatic heterocycles. The number of rotatable bonds is 14. The molecule has 2 rings (SSSR count). The Morgan fingerprint density at radius 2 is 1.67 bits per heavy atom. The first-order valence-electron chi connectivity index (χ1n) is 13.2. The predicted octanol–water partition coefficient (Wildman–Crippen LogP) is 7.25. The Labute approximate surface area is 207 Å². The summed E-state index contributed by atoms with van der Waals surface area (Å²) in [6.45, 7) is 15.2. The van der Waals surface area contributed by atoms with Gasteiger partial charge >= 0.3 is 5.97 Å². The molecule has 0 N–H and O–H groups in total. The molecule has 0 radical (unpaired) electrons. The minimum atomic E-state index is -0.0806. The fourth-order valence-electron chi connectivity index (χ4n) is 3.55. The molecule has 0 aromatic carbocycles. The molecule has 6 nitrogen and oxygen atoms in total. The summed E-state index contributed by atoms with van der Waals surface area (Å²) in [7, 11) is 2.14. The van der Waals surface area contributed by atoms with E-state index in [1.165, 1.54) is 43.8 Å². The van der Waals surface area contributed by atoms with Crippen molar-refractivity contribution in [2.75, 3.05) is 33.5 Å². The van der Waals surface area contributed by atoms with Crippen LogP contribution in [0.3, 0.4) is 0 Å². The van der Waals surface area contributed by atoms with Gasteiger partial charge in [0.2, 0.25) is 6.73 Å². The number of ether oxygens (including phenoxy) is 2. The van der Waals surface area contributed by atoms with Crippen molar-refractivity contribution in [2.45, 2.75) is 106 Å². The average Bonchev–Trinajstić information content (AvgIpc) is 3.32. The second kappa shape index (κ2) is 20.0. The van der Waals surface area contributed by atoms with Gasteiger partial charge in [-0.25, -0.2) is 0 Å². The third-order valence-corrected chi connectivity index (χ3v) is 5.89. The van der Waals surface area contributed by atoms with Crippen molar-refractivity contribution in [3.8, 4) is 5.88 Å². The first-order valence-corrected chi connectivity index (χ1v) is 13.9. The molecule has 1 unspecified atom stereocenters. The highest BCUT2D eigenvalue weighted by Crippen LogP contribution is 2.30. The number of unbranched alkanes of at least 4 members (excludes halogenated alkanes) is 6. The lowest BCUT2D eigenvalue weighted by atomic mass is 10.1. The molecule has 0 saturated carbocycles. The van der Waals surface area contributed by atoms with Gasteiger partial charge in [0.15, 0.2) is 0 Å². The largest absolute Gasteiger partial charge is 0.475 e. The Hall–Kier alpha value is -1.47. The highest BCUT2D eigenvalue weighted by Gasteiger charge is 2.31. The number of aromatic nitrogens is 2. The van der Waals surface area contributed by atoms with Crippen LogP contribution in [0.25, 0.3) is 5.57 Å². The minimum Gasteiger partial charge on any atom is -0.475 e. The number of carbonyl (C=O) groups excluding carboxylic acids is 1. The van der Waals surface area contributed by atoms with Crippen LogP contribution in [-0.4, -0.2) is 52.7 Å². The SMILES string of the molecule is CC.CC.CCCCCCOc1nsnc1C1=CCC[N+](C)(COC(=O)CCCCCC)C1. The highest BCUT2D eigenvalue weighted by atomic mass is 32.1. The van der Waals surface area contributed by atoms with Gasteiger partial charge in [-0.15, -0.1) is 4.37 Å². The van der Waals surface area contributed by atoms with E-state index in [0.29, 0.717) is 30.1 Å². The van der Waals surface area contributed by atoms with E-state index in [1.807, 2.05) is 27.7 Å². The van der Waals surface area contributed by atoms with Crippen LogP contribution < -0.4 is 4.74 Å². The number of esters is 1. The maximum Gasteiger partial charge on any atom is 0.310 e. The fraction of sp³-hybridized carbons (Fsp3) is 0.808. The fourth-order valence-corrected chi connectivity index (χ4v) is 4.08. The van der Waals surface area contributed by atoms with Crippen LogP contribution in [0.15, 0.2) is 6.08 Å². The third-order valence-electron chi connectivity index (χ3n) is 5.38. The van der Waals surface area contributed by atoms with Crippen molar-refractivity contribution in [2.24, 2.45) is 0 Å². The van der Waals surface area contributed by atoms with E-state index in [9.17, 15) is 4.79 Å². The maximum absolute atomic E-state index is 12.1. The van der Waals surface area contributed by atoms with Gasteiger partial charge in [0.05, 0.1) is 31.9 Å². The van der Waals surface area contributed by atoms with E-state index in [2.05, 4.69) is 35.7 Å². The van der Waals surface area contributed by atoms with Crippen molar-refractivity contribution in [3.63, 3.8) is 0 Å². The summed E-state index contributed by atoms with van der Waals surface area (Å²) >= 11 is 1.20. The van der Waals surface area contributed by atoms with Crippen LogP contribution in [0.4, 0.5) is 0 Å². The minimum absolute atomic E-state index is 0.0806. The van der Waals surface area contributed by atoms with Gasteiger partial charge in [-0.05, 0) is 12.8 Å². The van der Waals surface area contributed by atoms with Gasteiger partial charge in [-0.2, -0.15) is 4.37 Å². The first-order chi connectivity index (χ1) is 16.1. The molecule has 33 heavy (non-hydrogen) atoms. The summed E-state index contributed by atoms with van der Waals surface area (Å²) in [5.74, 6) is 0.571. The van der Waals surface area contributed by atoms with Crippen LogP contribution in [0.1, 0.15) is 111 Å². The van der Waals surface area contributed by atoms with Gasteiger partial charge in [-0.1, -0.05) is 86.1 Å². The van der Waals surface area contributed by atoms with Crippen molar-refractivity contribution in [3.05, 3.63) is 11.8 Å². The van der Waals surface area contributed by atoms with E-state index in [-0.39, 0.29) is 5.97 Å². The second-order valence-corrected chi connectivity index (χ2v) is 8.83. The molecule has 192 valence electrons. The molecule has 7 heteroatoms. The molecule has 0 saturated heterocycles. The van der Waals surface area contributed by atoms with Gasteiger partial charge in [0, 0.05) is 18.4 Å². The molecule has 0 bridgehead atoms. The molecule has 2 heterocycles. The summed E-state index contributed by atoms with van der Waals surface area (Å²) in [6, 6.07) is 0. The van der Waals surface area contributed by atoms with E-state index in [4.69, 9.17) is 9.47 Å². The highest BCUT2D eigenvalue weighted by molar-refractivity contribution is 6.99. The quantitative estimate of drug-likeness (QED) is 0.158. The number of nitrogens with zero attached hydrogens (tertiary/aromatic N) is 3. The van der Waals surface area contributed by atoms with Gasteiger partial charge < -0.3 is 9.47 Å². The van der Waals surface area contributed by atoms with Crippen LogP contribution in [0.2, 0.25) is 0 Å². The Bertz CT molecular complexity index is 648. The van der Waals surface area contributed by atoms with E-state index in [1.54, 1.807) is 0 Å². The summed E-state index contributed by atoms with van der Waals surface area (Å²) in [5, 5.41) is 0. The zero-order chi connectivity index (χ0) is 25.0. The van der Waals surface area contributed by atoms with E-state index >= 15 is 0 Å². The molecule has 1 aromatic rings. The monoisotopic (exact) mass is 484 g/mol. The number of hydrogen-bond acceptors (Lipinski definition) is 6. The number of likely N-dealkylation sites (N-methyl/N-ethyl adjacent to an activating group) is 1. The van der Waals surface area contributed by atoms with Crippen LogP contribution >= 0.6 is 11.7 Å². The molecular formula is C26H50N3O3S+. The lowest BCUT2D eigenvalue weighted by Gasteiger charge is -2.36. The molecule has 1 aliphatic rings. The summed E-state index contributed by atoms with van der Waals surface area (Å²) < 4.78 is 21.0. The lowest BCUT2D eigenvalue weighted by molar-refractivity contribution is -0.919. The zero-order valence-electron chi connectivity index (χ0n) is 22.5. The van der Waals surface area contributed by atoms with E-state index < -0.39 is 0 Å². The Morgan fingerprint density at radius 3 is 2.33 bits per heavy atom. The summed E-state index contributed by atoms with van der Waals surface area (Å²) in [4.78, 5) is 12.1. The lowest BCUT2D eigenvalue weighted by Crippen LogP contribution is -2.49. The molecule has 0 aliphatic carbocycles. The summed E-state index contributed by atoms with van der Waals surface area (Å²) in [6.07, 6.45) is 12.8. The molecule has 0 spiro atoms. The molecule has 1 aromatic heterocycles. The molecule has 0 amide bonds. The number of quaternary nitrogens is 1. The first kappa shape index (κ1) is 31.5. The Kier molecular flexibility index (Phi) is 19.1. The van der Waals surface area contributed by atoms with Gasteiger partial charge in [-0.3, -0.25) is 9.28 Å². The number of carbonyl (C=O) groups is 1.